The van der Waals surface area contributed by atoms with Crippen LogP contribution in [0, 0.1) is 6.92 Å². The van der Waals surface area contributed by atoms with Crippen LogP contribution in [0.25, 0.3) is 0 Å². The minimum Gasteiger partial charge on any atom is -0.389 e. The number of hydrogen-bond donors (Lipinski definition) is 1. The third kappa shape index (κ3) is 3.83. The number of aliphatic hydroxyl groups is 1. The summed E-state index contributed by atoms with van der Waals surface area (Å²) in [6.45, 7) is 8.89. The van der Waals surface area contributed by atoms with Gasteiger partial charge in [0.2, 0.25) is 0 Å². The monoisotopic (exact) mass is 209 g/mol. The van der Waals surface area contributed by atoms with Crippen molar-refractivity contribution in [2.45, 2.75) is 33.3 Å². The molecule has 0 fully saturated rings. The molecule has 0 spiro atoms. The van der Waals surface area contributed by atoms with Crippen LogP contribution in [-0.4, -0.2) is 33.8 Å². The molecule has 0 aliphatic heterocycles. The first-order valence-electron chi connectivity index (χ1n) is 5.18. The highest BCUT2D eigenvalue weighted by molar-refractivity contribution is 5.36. The van der Waals surface area contributed by atoms with Crippen LogP contribution in [-0.2, 0) is 0 Å². The Morgan fingerprint density at radius 3 is 2.53 bits per heavy atom. The molecule has 15 heavy (non-hydrogen) atoms. The van der Waals surface area contributed by atoms with E-state index in [-0.39, 0.29) is 0 Å². The quantitative estimate of drug-likeness (QED) is 0.814. The molecule has 0 unspecified atom stereocenters. The van der Waals surface area contributed by atoms with Crippen LogP contribution in [0.4, 0.5) is 5.82 Å². The maximum Gasteiger partial charge on any atom is 0.147 e. The molecule has 0 radical (unpaired) electrons. The summed E-state index contributed by atoms with van der Waals surface area (Å²) in [4.78, 5) is 10.5. The topological polar surface area (TPSA) is 49.2 Å². The number of aromatic nitrogens is 2. The Morgan fingerprint density at radius 2 is 2.07 bits per heavy atom. The number of hydrogen-bond acceptors (Lipinski definition) is 4. The summed E-state index contributed by atoms with van der Waals surface area (Å²) in [5.74, 6) is 0.819. The van der Waals surface area contributed by atoms with Crippen LogP contribution in [0.1, 0.15) is 26.5 Å². The molecular formula is C11H19N3O. The van der Waals surface area contributed by atoms with Gasteiger partial charge in [-0.05, 0) is 27.7 Å². The third-order valence-electron chi connectivity index (χ3n) is 2.03. The second-order valence-corrected chi connectivity index (χ2v) is 4.35. The van der Waals surface area contributed by atoms with Crippen molar-refractivity contribution < 1.29 is 5.11 Å². The van der Waals surface area contributed by atoms with E-state index in [4.69, 9.17) is 0 Å². The van der Waals surface area contributed by atoms with Gasteiger partial charge >= 0.3 is 0 Å². The van der Waals surface area contributed by atoms with Gasteiger partial charge in [0.15, 0.2) is 0 Å². The molecule has 0 bridgehead atoms. The van der Waals surface area contributed by atoms with Gasteiger partial charge in [-0.15, -0.1) is 0 Å². The molecule has 1 aromatic heterocycles. The van der Waals surface area contributed by atoms with Crippen molar-refractivity contribution in [3.8, 4) is 0 Å². The van der Waals surface area contributed by atoms with Crippen molar-refractivity contribution in [3.05, 3.63) is 18.1 Å². The molecule has 1 heterocycles. The number of rotatable bonds is 4. The van der Waals surface area contributed by atoms with Crippen molar-refractivity contribution in [1.82, 2.24) is 9.97 Å². The third-order valence-corrected chi connectivity index (χ3v) is 2.03. The SMILES string of the molecule is CCN(CC(C)(C)O)c1cncc(C)n1. The van der Waals surface area contributed by atoms with E-state index in [9.17, 15) is 5.11 Å². The van der Waals surface area contributed by atoms with Crippen molar-refractivity contribution in [2.75, 3.05) is 18.0 Å². The van der Waals surface area contributed by atoms with Gasteiger partial charge in [0.1, 0.15) is 5.82 Å². The van der Waals surface area contributed by atoms with Crippen LogP contribution >= 0.6 is 0 Å². The Kier molecular flexibility index (Phi) is 3.63. The Hall–Kier alpha value is -1.16. The summed E-state index contributed by atoms with van der Waals surface area (Å²) >= 11 is 0. The zero-order valence-corrected chi connectivity index (χ0v) is 9.86. The molecule has 1 aromatic rings. The summed E-state index contributed by atoms with van der Waals surface area (Å²) in [6.07, 6.45) is 3.45. The molecule has 84 valence electrons. The molecule has 0 amide bonds. The molecular weight excluding hydrogens is 190 g/mol. The Morgan fingerprint density at radius 1 is 1.40 bits per heavy atom. The lowest BCUT2D eigenvalue weighted by atomic mass is 10.1. The fraction of sp³-hybridized carbons (Fsp3) is 0.636. The molecule has 0 saturated heterocycles. The zero-order chi connectivity index (χ0) is 11.5. The second-order valence-electron chi connectivity index (χ2n) is 4.35. The van der Waals surface area contributed by atoms with E-state index in [1.165, 1.54) is 0 Å². The fourth-order valence-corrected chi connectivity index (χ4v) is 1.42. The van der Waals surface area contributed by atoms with E-state index in [1.807, 2.05) is 18.7 Å². The molecule has 0 aliphatic carbocycles. The lowest BCUT2D eigenvalue weighted by molar-refractivity contribution is 0.0874. The largest absolute Gasteiger partial charge is 0.389 e. The van der Waals surface area contributed by atoms with E-state index >= 15 is 0 Å². The second kappa shape index (κ2) is 4.57. The molecule has 0 aliphatic rings. The lowest BCUT2D eigenvalue weighted by Crippen LogP contribution is -2.39. The Bertz CT molecular complexity index is 320. The predicted octanol–water partition coefficient (Wildman–Crippen LogP) is 1.38. The van der Waals surface area contributed by atoms with Crippen LogP contribution in [0.2, 0.25) is 0 Å². The maximum absolute atomic E-state index is 9.76. The first-order chi connectivity index (χ1) is 6.92. The highest BCUT2D eigenvalue weighted by atomic mass is 16.3. The zero-order valence-electron chi connectivity index (χ0n) is 9.86. The number of anilines is 1. The van der Waals surface area contributed by atoms with Gasteiger partial charge < -0.3 is 10.0 Å². The fourth-order valence-electron chi connectivity index (χ4n) is 1.42. The van der Waals surface area contributed by atoms with Crippen molar-refractivity contribution >= 4 is 5.82 Å². The van der Waals surface area contributed by atoms with Gasteiger partial charge in [0, 0.05) is 19.3 Å². The Labute approximate surface area is 91.0 Å². The molecule has 0 saturated carbocycles. The van der Waals surface area contributed by atoms with Crippen molar-refractivity contribution in [1.29, 1.82) is 0 Å². The molecule has 1 N–H and O–H groups in total. The smallest absolute Gasteiger partial charge is 0.147 e. The van der Waals surface area contributed by atoms with E-state index in [0.29, 0.717) is 6.54 Å². The maximum atomic E-state index is 9.76. The van der Waals surface area contributed by atoms with Gasteiger partial charge in [-0.3, -0.25) is 4.98 Å². The van der Waals surface area contributed by atoms with E-state index in [0.717, 1.165) is 18.1 Å². The normalized spacial score (nSPS) is 11.5. The first-order valence-corrected chi connectivity index (χ1v) is 5.18. The van der Waals surface area contributed by atoms with Gasteiger partial charge in [0.25, 0.3) is 0 Å². The minimum absolute atomic E-state index is 0.557. The summed E-state index contributed by atoms with van der Waals surface area (Å²) in [5, 5.41) is 9.76. The lowest BCUT2D eigenvalue weighted by Gasteiger charge is -2.28. The van der Waals surface area contributed by atoms with Crippen molar-refractivity contribution in [2.24, 2.45) is 0 Å². The van der Waals surface area contributed by atoms with Gasteiger partial charge in [-0.1, -0.05) is 0 Å². The molecule has 0 aromatic carbocycles. The summed E-state index contributed by atoms with van der Waals surface area (Å²) in [5.41, 5.74) is 0.170. The molecule has 4 heteroatoms. The Balaban J connectivity index is 2.83. The van der Waals surface area contributed by atoms with Gasteiger partial charge in [-0.25, -0.2) is 4.98 Å². The molecule has 4 nitrogen and oxygen atoms in total. The van der Waals surface area contributed by atoms with E-state index < -0.39 is 5.60 Å². The number of nitrogens with zero attached hydrogens (tertiary/aromatic N) is 3. The average molecular weight is 209 g/mol. The molecule has 0 atom stereocenters. The van der Waals surface area contributed by atoms with Crippen LogP contribution < -0.4 is 4.90 Å². The summed E-state index contributed by atoms with van der Waals surface area (Å²) < 4.78 is 0. The van der Waals surface area contributed by atoms with Gasteiger partial charge in [0.05, 0.1) is 17.5 Å². The number of aryl methyl sites for hydroxylation is 1. The molecule has 1 rings (SSSR count). The van der Waals surface area contributed by atoms with E-state index in [2.05, 4.69) is 9.97 Å². The van der Waals surface area contributed by atoms with Crippen molar-refractivity contribution in [3.63, 3.8) is 0 Å². The van der Waals surface area contributed by atoms with E-state index in [1.54, 1.807) is 26.2 Å². The summed E-state index contributed by atoms with van der Waals surface area (Å²) in [7, 11) is 0. The number of likely N-dealkylation sites (N-methyl/N-ethyl adjacent to an activating group) is 1. The van der Waals surface area contributed by atoms with Crippen LogP contribution in [0.5, 0.6) is 0 Å². The highest BCUT2D eigenvalue weighted by Gasteiger charge is 2.18. The summed E-state index contributed by atoms with van der Waals surface area (Å²) in [6, 6.07) is 0. The minimum atomic E-state index is -0.721. The average Bonchev–Trinajstić information content (AvgIpc) is 2.13. The highest BCUT2D eigenvalue weighted by Crippen LogP contribution is 2.13. The van der Waals surface area contributed by atoms with Crippen LogP contribution in [0.15, 0.2) is 12.4 Å². The standard InChI is InChI=1S/C11H19N3O/c1-5-14(8-11(3,4)15)10-7-12-6-9(2)13-10/h6-7,15H,5,8H2,1-4H3. The van der Waals surface area contributed by atoms with Gasteiger partial charge in [-0.2, -0.15) is 0 Å². The van der Waals surface area contributed by atoms with Crippen LogP contribution in [0.3, 0.4) is 0 Å². The predicted molar refractivity (Wildman–Crippen MR) is 61.0 cm³/mol. The first kappa shape index (κ1) is 11.9.